The van der Waals surface area contributed by atoms with Gasteiger partial charge in [0.15, 0.2) is 4.34 Å². The summed E-state index contributed by atoms with van der Waals surface area (Å²) in [6, 6.07) is 9.51. The van der Waals surface area contributed by atoms with E-state index in [9.17, 15) is 24.5 Å². The normalized spacial score (nSPS) is 23.6. The van der Waals surface area contributed by atoms with Crippen molar-refractivity contribution in [3.8, 4) is 5.75 Å². The van der Waals surface area contributed by atoms with Gasteiger partial charge in [0.25, 0.3) is 5.69 Å². The summed E-state index contributed by atoms with van der Waals surface area (Å²) in [7, 11) is 1.40. The first-order chi connectivity index (χ1) is 17.8. The zero-order chi connectivity index (χ0) is 25.8. The molecule has 3 amide bonds. The molecule has 2 bridgehead atoms. The lowest BCUT2D eigenvalue weighted by Gasteiger charge is -2.17. The molecule has 2 heterocycles. The number of nitro benzene ring substituents is 1. The molecule has 0 spiro atoms. The van der Waals surface area contributed by atoms with Crippen LogP contribution in [0.4, 0.5) is 17.1 Å². The summed E-state index contributed by atoms with van der Waals surface area (Å²) in [6.07, 6.45) is 5.02. The summed E-state index contributed by atoms with van der Waals surface area (Å²) in [4.78, 5) is 55.3. The quantitative estimate of drug-likeness (QED) is 0.156. The minimum atomic E-state index is -0.583. The molecule has 2 aliphatic carbocycles. The number of ether oxygens (including phenoxy) is 1. The number of nitrogens with one attached hydrogen (secondary N) is 1. The van der Waals surface area contributed by atoms with Gasteiger partial charge in [0.1, 0.15) is 11.4 Å². The third-order valence-corrected chi connectivity index (χ3v) is 9.24. The average Bonchev–Trinajstić information content (AvgIpc) is 3.65. The second kappa shape index (κ2) is 8.96. The molecular weight excluding hydrogens is 516 g/mol. The van der Waals surface area contributed by atoms with Gasteiger partial charge >= 0.3 is 0 Å². The lowest BCUT2D eigenvalue weighted by atomic mass is 9.85. The lowest BCUT2D eigenvalue weighted by Crippen LogP contribution is -2.32. The first-order valence-electron chi connectivity index (χ1n) is 11.6. The summed E-state index contributed by atoms with van der Waals surface area (Å²) in [6.45, 7) is 0. The fourth-order valence-electron chi connectivity index (χ4n) is 5.46. The van der Waals surface area contributed by atoms with Gasteiger partial charge in [0.2, 0.25) is 17.7 Å². The maximum absolute atomic E-state index is 13.1. The summed E-state index contributed by atoms with van der Waals surface area (Å²) in [5, 5.41) is 13.9. The van der Waals surface area contributed by atoms with Crippen LogP contribution in [-0.4, -0.2) is 40.5 Å². The van der Waals surface area contributed by atoms with Crippen LogP contribution in [0.25, 0.3) is 10.2 Å². The number of imide groups is 1. The van der Waals surface area contributed by atoms with E-state index in [-0.39, 0.29) is 52.6 Å². The van der Waals surface area contributed by atoms with E-state index in [1.54, 1.807) is 18.2 Å². The van der Waals surface area contributed by atoms with Crippen molar-refractivity contribution in [3.05, 3.63) is 58.7 Å². The Morgan fingerprint density at radius 2 is 1.92 bits per heavy atom. The van der Waals surface area contributed by atoms with Crippen molar-refractivity contribution in [1.29, 1.82) is 0 Å². The number of nitrogens with zero attached hydrogens (tertiary/aromatic N) is 3. The first-order valence-corrected chi connectivity index (χ1v) is 13.4. The molecule has 1 aromatic heterocycles. The second-order valence-electron chi connectivity index (χ2n) is 9.12. The van der Waals surface area contributed by atoms with E-state index < -0.39 is 10.8 Å². The molecule has 0 unspecified atom stereocenters. The average molecular weight is 537 g/mol. The Morgan fingerprint density at radius 1 is 1.19 bits per heavy atom. The van der Waals surface area contributed by atoms with Crippen LogP contribution in [-0.2, 0) is 14.4 Å². The van der Waals surface area contributed by atoms with Crippen LogP contribution in [0, 0.1) is 33.8 Å². The first kappa shape index (κ1) is 23.6. The molecule has 1 saturated heterocycles. The van der Waals surface area contributed by atoms with Crippen molar-refractivity contribution >= 4 is 68.1 Å². The number of thiazole rings is 1. The number of anilines is 2. The molecule has 10 nitrogen and oxygen atoms in total. The highest BCUT2D eigenvalue weighted by atomic mass is 32.2. The molecule has 0 radical (unpaired) electrons. The molecule has 1 aliphatic heterocycles. The number of nitro groups is 1. The van der Waals surface area contributed by atoms with E-state index in [0.717, 1.165) is 11.1 Å². The predicted octanol–water partition coefficient (Wildman–Crippen LogP) is 4.26. The molecule has 1 saturated carbocycles. The zero-order valence-corrected chi connectivity index (χ0v) is 21.1. The lowest BCUT2D eigenvalue weighted by molar-refractivity contribution is -0.384. The van der Waals surface area contributed by atoms with Crippen LogP contribution in [0.3, 0.4) is 0 Å². The SMILES string of the molecule is COc1ccc(NC(=O)CSc2nc3ccc(N4C(=O)[C@@H]5[C@H](C4=O)[C@H]4C=C[C@H]5C4)cc3s2)c([N+](=O)[O-])c1. The van der Waals surface area contributed by atoms with Crippen LogP contribution in [0.1, 0.15) is 6.42 Å². The number of hydrogen-bond donors (Lipinski definition) is 1. The summed E-state index contributed by atoms with van der Waals surface area (Å²) in [5.74, 6) is -0.577. The largest absolute Gasteiger partial charge is 0.496 e. The zero-order valence-electron chi connectivity index (χ0n) is 19.5. The van der Waals surface area contributed by atoms with E-state index >= 15 is 0 Å². The van der Waals surface area contributed by atoms with Gasteiger partial charge in [-0.05, 0) is 48.6 Å². The van der Waals surface area contributed by atoms with Crippen molar-refractivity contribution in [2.24, 2.45) is 23.7 Å². The minimum absolute atomic E-state index is 0.00189. The molecule has 2 fully saturated rings. The minimum Gasteiger partial charge on any atom is -0.496 e. The predicted molar refractivity (Wildman–Crippen MR) is 139 cm³/mol. The van der Waals surface area contributed by atoms with E-state index in [0.29, 0.717) is 21.3 Å². The Kier molecular flexibility index (Phi) is 5.72. The summed E-state index contributed by atoms with van der Waals surface area (Å²) >= 11 is 2.56. The number of carbonyl (C=O) groups is 3. The van der Waals surface area contributed by atoms with Crippen LogP contribution >= 0.6 is 23.1 Å². The molecule has 37 heavy (non-hydrogen) atoms. The number of thioether (sulfide) groups is 1. The molecule has 6 rings (SSSR count). The third kappa shape index (κ3) is 3.96. The number of methoxy groups -OCH3 is 1. The molecular formula is C25H20N4O6S2. The van der Waals surface area contributed by atoms with Gasteiger partial charge in [-0.3, -0.25) is 24.5 Å². The smallest absolute Gasteiger partial charge is 0.296 e. The molecule has 4 atom stereocenters. The molecule has 188 valence electrons. The molecule has 1 N–H and O–H groups in total. The van der Waals surface area contributed by atoms with Crippen molar-refractivity contribution in [1.82, 2.24) is 4.98 Å². The number of aromatic nitrogens is 1. The Bertz CT molecular complexity index is 1490. The molecule has 3 aromatic rings. The highest BCUT2D eigenvalue weighted by Gasteiger charge is 2.59. The number of carbonyl (C=O) groups excluding carboxylic acids is 3. The van der Waals surface area contributed by atoms with Gasteiger partial charge < -0.3 is 10.1 Å². The van der Waals surface area contributed by atoms with E-state index in [1.807, 2.05) is 0 Å². The second-order valence-corrected chi connectivity index (χ2v) is 11.4. The van der Waals surface area contributed by atoms with Crippen molar-refractivity contribution in [2.75, 3.05) is 23.1 Å². The molecule has 2 aromatic carbocycles. The highest BCUT2D eigenvalue weighted by Crippen LogP contribution is 2.53. The fraction of sp³-hybridized carbons (Fsp3) is 0.280. The fourth-order valence-corrected chi connectivity index (χ4v) is 7.36. The molecule has 12 heteroatoms. The topological polar surface area (TPSA) is 132 Å². The van der Waals surface area contributed by atoms with Gasteiger partial charge in [0.05, 0.1) is 51.6 Å². The van der Waals surface area contributed by atoms with Crippen molar-refractivity contribution in [2.45, 2.75) is 10.8 Å². The maximum Gasteiger partial charge on any atom is 0.296 e. The third-order valence-electron chi connectivity index (χ3n) is 7.08. The van der Waals surface area contributed by atoms with E-state index in [1.165, 1.54) is 53.3 Å². The number of rotatable bonds is 7. The standard InChI is InChI=1S/C25H20N4O6S2/c1-35-15-5-7-16(18(10-15)29(33)34)26-20(30)11-36-25-27-17-6-4-14(9-19(17)37-25)28-23(31)21-12-2-3-13(8-12)22(21)24(28)32/h2-7,9-10,12-13,21-22H,8,11H2,1H3,(H,26,30)/t12-,13-,21-,22+/m0/s1. The van der Waals surface area contributed by atoms with Crippen molar-refractivity contribution in [3.63, 3.8) is 0 Å². The summed E-state index contributed by atoms with van der Waals surface area (Å²) in [5.41, 5.74) is 1.06. The van der Waals surface area contributed by atoms with Crippen LogP contribution in [0.5, 0.6) is 5.75 Å². The van der Waals surface area contributed by atoms with Gasteiger partial charge in [-0.25, -0.2) is 9.88 Å². The van der Waals surface area contributed by atoms with E-state index in [2.05, 4.69) is 22.5 Å². The van der Waals surface area contributed by atoms with Gasteiger partial charge in [-0.2, -0.15) is 0 Å². The number of allylic oxidation sites excluding steroid dienone is 2. The monoisotopic (exact) mass is 536 g/mol. The Hall–Kier alpha value is -3.77. The Morgan fingerprint density at radius 3 is 2.59 bits per heavy atom. The number of fused-ring (bicyclic) bond motifs is 6. The summed E-state index contributed by atoms with van der Waals surface area (Å²) < 4.78 is 6.44. The van der Waals surface area contributed by atoms with Gasteiger partial charge in [-0.1, -0.05) is 23.9 Å². The van der Waals surface area contributed by atoms with Crippen LogP contribution in [0.15, 0.2) is 52.9 Å². The molecule has 3 aliphatic rings. The maximum atomic E-state index is 13.1. The van der Waals surface area contributed by atoms with Gasteiger partial charge in [-0.15, -0.1) is 11.3 Å². The Balaban J connectivity index is 1.15. The van der Waals surface area contributed by atoms with Crippen LogP contribution in [0.2, 0.25) is 0 Å². The van der Waals surface area contributed by atoms with Crippen LogP contribution < -0.4 is 15.0 Å². The van der Waals surface area contributed by atoms with Gasteiger partial charge in [0, 0.05) is 0 Å². The Labute approximate surface area is 218 Å². The number of amides is 3. The number of hydrogen-bond acceptors (Lipinski definition) is 9. The van der Waals surface area contributed by atoms with E-state index in [4.69, 9.17) is 4.74 Å². The number of benzene rings is 2. The highest BCUT2D eigenvalue weighted by molar-refractivity contribution is 8.01. The van der Waals surface area contributed by atoms with Crippen molar-refractivity contribution < 1.29 is 24.0 Å².